The normalized spacial score (nSPS) is 16.0. The number of aromatic nitrogens is 3. The number of halogens is 1. The minimum Gasteiger partial charge on any atom is -0.377 e. The number of carbonyl (C=O) groups excluding carboxylic acids is 1. The topological polar surface area (TPSA) is 105 Å². The van der Waals surface area contributed by atoms with Crippen molar-refractivity contribution >= 4 is 35.8 Å². The van der Waals surface area contributed by atoms with Crippen LogP contribution in [0.25, 0.3) is 0 Å². The van der Waals surface area contributed by atoms with E-state index in [0.29, 0.717) is 18.7 Å². The fraction of sp³-hybridized carbons (Fsp3) is 0.545. The smallest absolute Gasteiger partial charge is 0.251 e. The predicted octanol–water partition coefficient (Wildman–Crippen LogP) is 2.25. The van der Waals surface area contributed by atoms with Crippen LogP contribution in [0.5, 0.6) is 0 Å². The highest BCUT2D eigenvalue weighted by molar-refractivity contribution is 14.0. The van der Waals surface area contributed by atoms with Crippen molar-refractivity contribution in [1.29, 1.82) is 0 Å². The Hall–Kier alpha value is -2.21. The van der Waals surface area contributed by atoms with E-state index in [1.54, 1.807) is 14.2 Å². The number of aliphatic imine (C=N–C) groups is 1. The van der Waals surface area contributed by atoms with Gasteiger partial charge in [-0.05, 0) is 44.9 Å². The number of carbonyl (C=O) groups is 1. The van der Waals surface area contributed by atoms with E-state index < -0.39 is 0 Å². The van der Waals surface area contributed by atoms with Gasteiger partial charge >= 0.3 is 0 Å². The fourth-order valence-corrected chi connectivity index (χ4v) is 3.48. The van der Waals surface area contributed by atoms with Gasteiger partial charge in [-0.1, -0.05) is 12.1 Å². The number of hydrogen-bond acceptors (Lipinski definition) is 5. The van der Waals surface area contributed by atoms with Gasteiger partial charge in [0.1, 0.15) is 12.4 Å². The standard InChI is InChI=1S/C22H33N7O2.HI/c1-22(2,3)27-20(30)16-8-6-7-15(11-16)12-24-21(23-4)25-17-9-10-19-26-18(14-31-5)28-29(19)13-17;/h6-8,11,17H,9-10,12-14H2,1-5H3,(H,27,30)(H2,23,24,25);1H. The van der Waals surface area contributed by atoms with Gasteiger partial charge in [0.05, 0.1) is 6.54 Å². The molecule has 1 aliphatic heterocycles. The number of fused-ring (bicyclic) bond motifs is 1. The zero-order chi connectivity index (χ0) is 22.4. The maximum atomic E-state index is 12.4. The van der Waals surface area contributed by atoms with Gasteiger partial charge in [-0.15, -0.1) is 24.0 Å². The van der Waals surface area contributed by atoms with E-state index in [-0.39, 0.29) is 41.5 Å². The third kappa shape index (κ3) is 7.44. The van der Waals surface area contributed by atoms with Crippen LogP contribution < -0.4 is 16.0 Å². The van der Waals surface area contributed by atoms with Crippen LogP contribution in [0.15, 0.2) is 29.3 Å². The van der Waals surface area contributed by atoms with Crippen LogP contribution in [0.2, 0.25) is 0 Å². The molecule has 1 aromatic heterocycles. The second kappa shape index (κ2) is 11.6. The summed E-state index contributed by atoms with van der Waals surface area (Å²) in [5.74, 6) is 2.36. The van der Waals surface area contributed by atoms with Crippen molar-refractivity contribution in [2.45, 2.75) is 64.9 Å². The van der Waals surface area contributed by atoms with Crippen molar-refractivity contribution in [3.8, 4) is 0 Å². The van der Waals surface area contributed by atoms with E-state index in [4.69, 9.17) is 4.74 Å². The first-order chi connectivity index (χ1) is 14.8. The summed E-state index contributed by atoms with van der Waals surface area (Å²) in [6.45, 7) is 7.63. The monoisotopic (exact) mass is 555 g/mol. The summed E-state index contributed by atoms with van der Waals surface area (Å²) in [6.07, 6.45) is 1.81. The van der Waals surface area contributed by atoms with Crippen molar-refractivity contribution in [1.82, 2.24) is 30.7 Å². The van der Waals surface area contributed by atoms with Gasteiger partial charge < -0.3 is 20.7 Å². The molecule has 3 rings (SSSR count). The molecular weight excluding hydrogens is 521 g/mol. The molecule has 1 unspecified atom stereocenters. The maximum absolute atomic E-state index is 12.4. The zero-order valence-corrected chi connectivity index (χ0v) is 21.8. The zero-order valence-electron chi connectivity index (χ0n) is 19.4. The Morgan fingerprint density at radius 2 is 2.12 bits per heavy atom. The first-order valence-electron chi connectivity index (χ1n) is 10.6. The molecule has 0 saturated heterocycles. The number of amides is 1. The van der Waals surface area contributed by atoms with Crippen molar-refractivity contribution in [2.24, 2.45) is 4.99 Å². The minimum atomic E-state index is -0.272. The summed E-state index contributed by atoms with van der Waals surface area (Å²) >= 11 is 0. The van der Waals surface area contributed by atoms with E-state index in [0.717, 1.165) is 42.6 Å². The highest BCUT2D eigenvalue weighted by Crippen LogP contribution is 2.14. The predicted molar refractivity (Wildman–Crippen MR) is 135 cm³/mol. The van der Waals surface area contributed by atoms with Crippen LogP contribution >= 0.6 is 24.0 Å². The molecule has 0 saturated carbocycles. The van der Waals surface area contributed by atoms with Gasteiger partial charge in [-0.3, -0.25) is 9.79 Å². The molecule has 2 heterocycles. The van der Waals surface area contributed by atoms with Crippen molar-refractivity contribution < 1.29 is 9.53 Å². The molecular formula is C22H34IN7O2. The van der Waals surface area contributed by atoms with E-state index in [1.807, 2.05) is 49.7 Å². The lowest BCUT2D eigenvalue weighted by molar-refractivity contribution is 0.0919. The van der Waals surface area contributed by atoms with E-state index in [9.17, 15) is 4.79 Å². The molecule has 1 aromatic carbocycles. The molecule has 3 N–H and O–H groups in total. The molecule has 1 amide bonds. The third-order valence-electron chi connectivity index (χ3n) is 4.88. The fourth-order valence-electron chi connectivity index (χ4n) is 3.48. The molecule has 0 radical (unpaired) electrons. The molecule has 176 valence electrons. The van der Waals surface area contributed by atoms with Crippen LogP contribution in [0, 0.1) is 0 Å². The van der Waals surface area contributed by atoms with Crippen molar-refractivity contribution in [3.63, 3.8) is 0 Å². The first kappa shape index (κ1) is 26.0. The number of nitrogens with one attached hydrogen (secondary N) is 3. The molecule has 9 nitrogen and oxygen atoms in total. The quantitative estimate of drug-likeness (QED) is 0.287. The Bertz CT molecular complexity index is 937. The van der Waals surface area contributed by atoms with E-state index in [1.165, 1.54) is 0 Å². The van der Waals surface area contributed by atoms with Gasteiger partial charge in [-0.2, -0.15) is 5.10 Å². The Labute approximate surface area is 206 Å². The van der Waals surface area contributed by atoms with Gasteiger partial charge in [0.2, 0.25) is 0 Å². The molecule has 2 aromatic rings. The van der Waals surface area contributed by atoms with Crippen LogP contribution in [0.1, 0.15) is 54.8 Å². The second-order valence-electron chi connectivity index (χ2n) is 8.77. The van der Waals surface area contributed by atoms with Gasteiger partial charge in [0, 0.05) is 44.3 Å². The number of nitrogens with zero attached hydrogens (tertiary/aromatic N) is 4. The highest BCUT2D eigenvalue weighted by atomic mass is 127. The van der Waals surface area contributed by atoms with Gasteiger partial charge in [0.15, 0.2) is 11.8 Å². The van der Waals surface area contributed by atoms with Crippen molar-refractivity contribution in [2.75, 3.05) is 14.2 Å². The maximum Gasteiger partial charge on any atom is 0.251 e. The lowest BCUT2D eigenvalue weighted by Gasteiger charge is -2.25. The number of methoxy groups -OCH3 is 1. The van der Waals surface area contributed by atoms with Crippen molar-refractivity contribution in [3.05, 3.63) is 47.0 Å². The number of rotatable bonds is 6. The number of ether oxygens (including phenoxy) is 1. The average molecular weight is 555 g/mol. The number of aryl methyl sites for hydroxylation is 1. The number of guanidine groups is 1. The number of hydrogen-bond donors (Lipinski definition) is 3. The Kier molecular flexibility index (Phi) is 9.44. The summed E-state index contributed by atoms with van der Waals surface area (Å²) in [5.41, 5.74) is 1.39. The molecule has 1 atom stereocenters. The molecule has 32 heavy (non-hydrogen) atoms. The summed E-state index contributed by atoms with van der Waals surface area (Å²) in [6, 6.07) is 7.83. The molecule has 0 fully saturated rings. The minimum absolute atomic E-state index is 0. The van der Waals surface area contributed by atoms with E-state index >= 15 is 0 Å². The molecule has 0 aliphatic carbocycles. The van der Waals surface area contributed by atoms with Gasteiger partial charge in [0.25, 0.3) is 5.91 Å². The Balaban J connectivity index is 0.00000363. The second-order valence-corrected chi connectivity index (χ2v) is 8.77. The lowest BCUT2D eigenvalue weighted by Crippen LogP contribution is -2.46. The Morgan fingerprint density at radius 3 is 2.81 bits per heavy atom. The summed E-state index contributed by atoms with van der Waals surface area (Å²) in [5, 5.41) is 14.3. The largest absolute Gasteiger partial charge is 0.377 e. The summed E-state index contributed by atoms with van der Waals surface area (Å²) in [7, 11) is 3.40. The lowest BCUT2D eigenvalue weighted by atomic mass is 10.1. The SMILES string of the molecule is CN=C(NCc1cccc(C(=O)NC(C)(C)C)c1)NC1CCc2nc(COC)nn2C1.I. The summed E-state index contributed by atoms with van der Waals surface area (Å²) in [4.78, 5) is 21.3. The van der Waals surface area contributed by atoms with E-state index in [2.05, 4.69) is 31.0 Å². The Morgan fingerprint density at radius 1 is 1.34 bits per heavy atom. The van der Waals surface area contributed by atoms with Crippen LogP contribution in [0.4, 0.5) is 0 Å². The van der Waals surface area contributed by atoms with Crippen LogP contribution in [-0.2, 0) is 30.9 Å². The molecule has 0 bridgehead atoms. The molecule has 10 heteroatoms. The van der Waals surface area contributed by atoms with Gasteiger partial charge in [-0.25, -0.2) is 9.67 Å². The number of benzene rings is 1. The summed E-state index contributed by atoms with van der Waals surface area (Å²) < 4.78 is 7.07. The molecule has 0 spiro atoms. The van der Waals surface area contributed by atoms with Crippen LogP contribution in [0.3, 0.4) is 0 Å². The highest BCUT2D eigenvalue weighted by Gasteiger charge is 2.22. The average Bonchev–Trinajstić information content (AvgIpc) is 3.12. The molecule has 1 aliphatic rings. The first-order valence-corrected chi connectivity index (χ1v) is 10.6. The van der Waals surface area contributed by atoms with Crippen LogP contribution in [-0.4, -0.2) is 52.4 Å². The third-order valence-corrected chi connectivity index (χ3v) is 4.88.